The summed E-state index contributed by atoms with van der Waals surface area (Å²) in [5.41, 5.74) is -0.604. The van der Waals surface area contributed by atoms with Crippen LogP contribution in [0.3, 0.4) is 0 Å². The molecular weight excluding hydrogens is 286 g/mol. The first-order valence-corrected chi connectivity index (χ1v) is 7.57. The lowest BCUT2D eigenvalue weighted by Crippen LogP contribution is -2.53. The number of morpholine rings is 1. The molecule has 7 nitrogen and oxygen atoms in total. The van der Waals surface area contributed by atoms with E-state index in [9.17, 15) is 13.2 Å². The molecule has 0 saturated carbocycles. The first-order chi connectivity index (χ1) is 9.12. The summed E-state index contributed by atoms with van der Waals surface area (Å²) in [5, 5.41) is 8.42. The normalized spacial score (nSPS) is 23.6. The monoisotopic (exact) mass is 303 g/mol. The first kappa shape index (κ1) is 15.0. The van der Waals surface area contributed by atoms with Gasteiger partial charge in [-0.25, -0.2) is 13.2 Å². The smallest absolute Gasteiger partial charge is 0.371 e. The summed E-state index contributed by atoms with van der Waals surface area (Å²) in [4.78, 5) is 10.8. The first-order valence-electron chi connectivity index (χ1n) is 6.13. The Morgan fingerprint density at radius 2 is 2.10 bits per heavy atom. The van der Waals surface area contributed by atoms with Gasteiger partial charge in [0.05, 0.1) is 11.7 Å². The van der Waals surface area contributed by atoms with Gasteiger partial charge in [0.15, 0.2) is 0 Å². The van der Waals surface area contributed by atoms with E-state index in [1.165, 1.54) is 4.31 Å². The van der Waals surface area contributed by atoms with Crippen molar-refractivity contribution in [3.8, 4) is 0 Å². The molecule has 8 heteroatoms. The number of carboxylic acids is 1. The number of rotatable bonds is 3. The van der Waals surface area contributed by atoms with Gasteiger partial charge < -0.3 is 14.3 Å². The third-order valence-electron chi connectivity index (χ3n) is 2.92. The predicted octanol–water partition coefficient (Wildman–Crippen LogP) is 1.17. The Morgan fingerprint density at radius 3 is 2.60 bits per heavy atom. The van der Waals surface area contributed by atoms with E-state index in [0.717, 1.165) is 12.1 Å². The Hall–Kier alpha value is -1.38. The Labute approximate surface area is 117 Å². The molecule has 1 fully saturated rings. The highest BCUT2D eigenvalue weighted by Gasteiger charge is 2.39. The van der Waals surface area contributed by atoms with E-state index in [1.54, 1.807) is 20.8 Å². The number of aromatic carboxylic acids is 1. The Kier molecular flexibility index (Phi) is 3.66. The second kappa shape index (κ2) is 4.87. The van der Waals surface area contributed by atoms with E-state index in [-0.39, 0.29) is 24.3 Å². The van der Waals surface area contributed by atoms with Gasteiger partial charge in [0, 0.05) is 13.1 Å². The van der Waals surface area contributed by atoms with E-state index in [0.29, 0.717) is 0 Å². The SMILES string of the molecule is CC1CN(S(=O)(=O)c2ccc(C(=O)O)o2)CC(C)(C)O1. The highest BCUT2D eigenvalue weighted by Crippen LogP contribution is 2.27. The van der Waals surface area contributed by atoms with Crippen molar-refractivity contribution in [3.63, 3.8) is 0 Å². The van der Waals surface area contributed by atoms with Gasteiger partial charge in [-0.2, -0.15) is 4.31 Å². The van der Waals surface area contributed by atoms with E-state index in [2.05, 4.69) is 0 Å². The van der Waals surface area contributed by atoms with Crippen LogP contribution in [0.2, 0.25) is 0 Å². The van der Waals surface area contributed by atoms with Crippen LogP contribution in [0.15, 0.2) is 21.6 Å². The molecule has 2 rings (SSSR count). The van der Waals surface area contributed by atoms with Crippen LogP contribution >= 0.6 is 0 Å². The van der Waals surface area contributed by atoms with Gasteiger partial charge in [-0.15, -0.1) is 0 Å². The molecule has 1 saturated heterocycles. The Balaban J connectivity index is 2.31. The maximum atomic E-state index is 12.4. The van der Waals surface area contributed by atoms with Crippen LogP contribution in [0, 0.1) is 0 Å². The number of hydrogen-bond donors (Lipinski definition) is 1. The zero-order valence-corrected chi connectivity index (χ0v) is 12.3. The molecular formula is C12H17NO6S. The zero-order valence-electron chi connectivity index (χ0n) is 11.5. The van der Waals surface area contributed by atoms with Crippen LogP contribution in [-0.2, 0) is 14.8 Å². The molecule has 0 radical (unpaired) electrons. The van der Waals surface area contributed by atoms with E-state index < -0.39 is 27.4 Å². The fourth-order valence-electron chi connectivity index (χ4n) is 2.28. The average Bonchev–Trinajstić information content (AvgIpc) is 2.75. The molecule has 0 aromatic carbocycles. The molecule has 112 valence electrons. The summed E-state index contributed by atoms with van der Waals surface area (Å²) < 4.78 is 36.7. The molecule has 1 N–H and O–H groups in total. The number of sulfonamides is 1. The minimum Gasteiger partial charge on any atom is -0.475 e. The quantitative estimate of drug-likeness (QED) is 0.900. The van der Waals surface area contributed by atoms with Gasteiger partial charge in [0.2, 0.25) is 10.9 Å². The predicted molar refractivity (Wildman–Crippen MR) is 69.1 cm³/mol. The van der Waals surface area contributed by atoms with Crippen LogP contribution < -0.4 is 0 Å². The maximum Gasteiger partial charge on any atom is 0.371 e. The van der Waals surface area contributed by atoms with Crippen molar-refractivity contribution in [1.29, 1.82) is 0 Å². The van der Waals surface area contributed by atoms with Gasteiger partial charge in [-0.3, -0.25) is 0 Å². The van der Waals surface area contributed by atoms with Gasteiger partial charge in [-0.05, 0) is 32.9 Å². The fraction of sp³-hybridized carbons (Fsp3) is 0.583. The van der Waals surface area contributed by atoms with Gasteiger partial charge >= 0.3 is 5.97 Å². The molecule has 0 aliphatic carbocycles. The van der Waals surface area contributed by atoms with Crippen molar-refractivity contribution in [2.75, 3.05) is 13.1 Å². The van der Waals surface area contributed by atoms with Gasteiger partial charge in [0.1, 0.15) is 0 Å². The standard InChI is InChI=1S/C12H17NO6S/c1-8-6-13(7-12(2,3)19-8)20(16,17)10-5-4-9(18-10)11(14)15/h4-5,8H,6-7H2,1-3H3,(H,14,15). The summed E-state index contributed by atoms with van der Waals surface area (Å²) in [6, 6.07) is 2.29. The van der Waals surface area contributed by atoms with Crippen LogP contribution in [0.1, 0.15) is 31.3 Å². The molecule has 1 aromatic heterocycles. The molecule has 1 atom stereocenters. The highest BCUT2D eigenvalue weighted by molar-refractivity contribution is 7.89. The summed E-state index contributed by atoms with van der Waals surface area (Å²) in [6.45, 7) is 5.78. The van der Waals surface area contributed by atoms with Crippen molar-refractivity contribution in [1.82, 2.24) is 4.31 Å². The lowest BCUT2D eigenvalue weighted by Gasteiger charge is -2.40. The van der Waals surface area contributed by atoms with Crippen LogP contribution in [0.5, 0.6) is 0 Å². The molecule has 0 amide bonds. The molecule has 1 aliphatic heterocycles. The molecule has 1 aliphatic rings. The second-order valence-corrected chi connectivity index (χ2v) is 7.28. The van der Waals surface area contributed by atoms with E-state index >= 15 is 0 Å². The van der Waals surface area contributed by atoms with Crippen molar-refractivity contribution in [3.05, 3.63) is 17.9 Å². The number of furan rings is 1. The molecule has 20 heavy (non-hydrogen) atoms. The number of nitrogens with zero attached hydrogens (tertiary/aromatic N) is 1. The topological polar surface area (TPSA) is 97.1 Å². The number of carbonyl (C=O) groups is 1. The number of ether oxygens (including phenoxy) is 1. The second-order valence-electron chi connectivity index (χ2n) is 5.41. The van der Waals surface area contributed by atoms with Crippen LogP contribution in [0.4, 0.5) is 0 Å². The van der Waals surface area contributed by atoms with Crippen LogP contribution in [0.25, 0.3) is 0 Å². The third kappa shape index (κ3) is 2.87. The van der Waals surface area contributed by atoms with Crippen molar-refractivity contribution in [2.24, 2.45) is 0 Å². The lowest BCUT2D eigenvalue weighted by atomic mass is 10.1. The van der Waals surface area contributed by atoms with E-state index in [1.807, 2.05) is 0 Å². The van der Waals surface area contributed by atoms with Crippen molar-refractivity contribution in [2.45, 2.75) is 37.6 Å². The average molecular weight is 303 g/mol. The van der Waals surface area contributed by atoms with Gasteiger partial charge in [-0.1, -0.05) is 0 Å². The van der Waals surface area contributed by atoms with Gasteiger partial charge in [0.25, 0.3) is 10.0 Å². The maximum absolute atomic E-state index is 12.4. The summed E-state index contributed by atoms with van der Waals surface area (Å²) in [7, 11) is -3.86. The summed E-state index contributed by atoms with van der Waals surface area (Å²) >= 11 is 0. The molecule has 1 unspecified atom stereocenters. The van der Waals surface area contributed by atoms with Crippen molar-refractivity contribution >= 4 is 16.0 Å². The molecule has 1 aromatic rings. The minimum atomic E-state index is -3.86. The zero-order chi connectivity index (χ0) is 15.1. The molecule has 2 heterocycles. The summed E-state index contributed by atoms with van der Waals surface area (Å²) in [6.07, 6.45) is -0.248. The van der Waals surface area contributed by atoms with Crippen molar-refractivity contribution < 1.29 is 27.5 Å². The lowest BCUT2D eigenvalue weighted by molar-refractivity contribution is -0.109. The molecule has 0 bridgehead atoms. The highest BCUT2D eigenvalue weighted by atomic mass is 32.2. The Bertz CT molecular complexity index is 618. The minimum absolute atomic E-state index is 0.183. The number of hydrogen-bond acceptors (Lipinski definition) is 5. The fourth-order valence-corrected chi connectivity index (χ4v) is 3.86. The van der Waals surface area contributed by atoms with Crippen LogP contribution in [-0.4, -0.2) is 48.6 Å². The third-order valence-corrected chi connectivity index (χ3v) is 4.61. The largest absolute Gasteiger partial charge is 0.475 e. The summed E-state index contributed by atoms with van der Waals surface area (Å²) in [5.74, 6) is -1.70. The Morgan fingerprint density at radius 1 is 1.45 bits per heavy atom. The molecule has 0 spiro atoms. The van der Waals surface area contributed by atoms with E-state index in [4.69, 9.17) is 14.3 Å². The number of carboxylic acid groups (broad SMARTS) is 1.